The molecule has 1 atom stereocenters. The Kier molecular flexibility index (Phi) is 3.56. The first kappa shape index (κ1) is 12.5. The summed E-state index contributed by atoms with van der Waals surface area (Å²) in [6.45, 7) is 1.48. The zero-order chi connectivity index (χ0) is 13.1. The van der Waals surface area contributed by atoms with E-state index < -0.39 is 11.9 Å². The second-order valence-electron chi connectivity index (χ2n) is 3.80. The molecule has 1 aliphatic rings. The van der Waals surface area contributed by atoms with Gasteiger partial charge in [-0.3, -0.25) is 14.5 Å². The van der Waals surface area contributed by atoms with E-state index in [0.717, 1.165) is 9.91 Å². The van der Waals surface area contributed by atoms with Crippen LogP contribution in [-0.4, -0.2) is 40.8 Å². The van der Waals surface area contributed by atoms with Gasteiger partial charge in [-0.05, 0) is 6.92 Å². The van der Waals surface area contributed by atoms with Gasteiger partial charge in [0.2, 0.25) is 5.91 Å². The number of imide groups is 1. The van der Waals surface area contributed by atoms with Crippen molar-refractivity contribution in [1.29, 1.82) is 0 Å². The van der Waals surface area contributed by atoms with Gasteiger partial charge in [-0.1, -0.05) is 0 Å². The molecule has 4 amide bonds. The molecule has 1 aliphatic heterocycles. The van der Waals surface area contributed by atoms with Crippen molar-refractivity contribution in [3.63, 3.8) is 0 Å². The van der Waals surface area contributed by atoms with Gasteiger partial charge >= 0.3 is 6.03 Å². The zero-order valence-corrected chi connectivity index (χ0v) is 10.5. The smallest absolute Gasteiger partial charge is 0.325 e. The number of thiazole rings is 1. The van der Waals surface area contributed by atoms with Gasteiger partial charge in [0.15, 0.2) is 0 Å². The van der Waals surface area contributed by atoms with Crippen LogP contribution in [0.5, 0.6) is 0 Å². The molecule has 2 N–H and O–H groups in total. The Hall–Kier alpha value is -1.96. The first-order chi connectivity index (χ1) is 8.58. The maximum Gasteiger partial charge on any atom is 0.325 e. The number of nitrogens with zero attached hydrogens (tertiary/aromatic N) is 2. The highest BCUT2D eigenvalue weighted by Crippen LogP contribution is 2.14. The standard InChI is InChI=1S/C10H12N4O3S/c1-6(9-11-2-3-18-9)13-7(15)5-14-8(16)4-12-10(14)17/h2-3,6H,4-5H2,1H3,(H,12,17)(H,13,15). The van der Waals surface area contributed by atoms with Crippen LogP contribution in [0, 0.1) is 0 Å². The van der Waals surface area contributed by atoms with E-state index in [2.05, 4.69) is 15.6 Å². The van der Waals surface area contributed by atoms with E-state index in [1.807, 2.05) is 5.38 Å². The molecule has 0 saturated carbocycles. The maximum absolute atomic E-state index is 11.7. The molecule has 7 nitrogen and oxygen atoms in total. The van der Waals surface area contributed by atoms with E-state index in [-0.39, 0.29) is 25.0 Å². The first-order valence-corrected chi connectivity index (χ1v) is 6.23. The summed E-state index contributed by atoms with van der Waals surface area (Å²) in [7, 11) is 0. The minimum absolute atomic E-state index is 0.0475. The van der Waals surface area contributed by atoms with Gasteiger partial charge < -0.3 is 10.6 Å². The molecule has 96 valence electrons. The number of carbonyl (C=O) groups excluding carboxylic acids is 3. The molecule has 1 unspecified atom stereocenters. The number of nitrogens with one attached hydrogen (secondary N) is 2. The third-order valence-corrected chi connectivity index (χ3v) is 3.40. The van der Waals surface area contributed by atoms with E-state index in [9.17, 15) is 14.4 Å². The molecule has 1 aromatic rings. The average molecular weight is 268 g/mol. The lowest BCUT2D eigenvalue weighted by atomic mass is 10.3. The van der Waals surface area contributed by atoms with Crippen molar-refractivity contribution in [2.75, 3.05) is 13.1 Å². The van der Waals surface area contributed by atoms with Crippen LogP contribution in [0.15, 0.2) is 11.6 Å². The number of carbonyl (C=O) groups is 3. The number of amides is 4. The predicted octanol–water partition coefficient (Wildman–Crippen LogP) is -0.128. The summed E-state index contributed by atoms with van der Waals surface area (Å²) in [6.07, 6.45) is 1.65. The Morgan fingerprint density at radius 2 is 2.44 bits per heavy atom. The van der Waals surface area contributed by atoms with Crippen LogP contribution in [0.2, 0.25) is 0 Å². The molecule has 8 heteroatoms. The molecule has 2 heterocycles. The average Bonchev–Trinajstić information content (AvgIpc) is 2.94. The Morgan fingerprint density at radius 3 is 3.00 bits per heavy atom. The Labute approximate surface area is 107 Å². The highest BCUT2D eigenvalue weighted by atomic mass is 32.1. The largest absolute Gasteiger partial charge is 0.346 e. The number of rotatable bonds is 4. The topological polar surface area (TPSA) is 91.4 Å². The van der Waals surface area contributed by atoms with Crippen LogP contribution in [0.25, 0.3) is 0 Å². The zero-order valence-electron chi connectivity index (χ0n) is 9.67. The third-order valence-electron chi connectivity index (χ3n) is 2.44. The predicted molar refractivity (Wildman–Crippen MR) is 63.8 cm³/mol. The van der Waals surface area contributed by atoms with Gasteiger partial charge in [0.05, 0.1) is 12.6 Å². The SMILES string of the molecule is CC(NC(=O)CN1C(=O)CNC1=O)c1nccs1. The summed E-state index contributed by atoms with van der Waals surface area (Å²) in [5.41, 5.74) is 0. The monoisotopic (exact) mass is 268 g/mol. The molecule has 1 saturated heterocycles. The van der Waals surface area contributed by atoms with Crippen molar-refractivity contribution in [2.24, 2.45) is 0 Å². The van der Waals surface area contributed by atoms with E-state index >= 15 is 0 Å². The van der Waals surface area contributed by atoms with E-state index in [4.69, 9.17) is 0 Å². The number of hydrogen-bond donors (Lipinski definition) is 2. The van der Waals surface area contributed by atoms with Crippen LogP contribution in [0.4, 0.5) is 4.79 Å². The molecular formula is C10H12N4O3S. The van der Waals surface area contributed by atoms with Gasteiger partial charge in [0.25, 0.3) is 5.91 Å². The molecule has 0 aromatic carbocycles. The third kappa shape index (κ3) is 2.65. The molecule has 0 bridgehead atoms. The number of aromatic nitrogens is 1. The lowest BCUT2D eigenvalue weighted by molar-refractivity contribution is -0.130. The summed E-state index contributed by atoms with van der Waals surface area (Å²) in [6, 6.07) is -0.768. The summed E-state index contributed by atoms with van der Waals surface area (Å²) in [4.78, 5) is 39.2. The van der Waals surface area contributed by atoms with Gasteiger partial charge in [-0.2, -0.15) is 0 Å². The highest BCUT2D eigenvalue weighted by molar-refractivity contribution is 7.09. The van der Waals surface area contributed by atoms with Crippen molar-refractivity contribution in [1.82, 2.24) is 20.5 Å². The summed E-state index contributed by atoms with van der Waals surface area (Å²) in [5.74, 6) is -0.778. The van der Waals surface area contributed by atoms with E-state index in [1.165, 1.54) is 11.3 Å². The Bertz CT molecular complexity index is 457. The number of urea groups is 1. The first-order valence-electron chi connectivity index (χ1n) is 5.35. The van der Waals surface area contributed by atoms with Crippen LogP contribution in [0.1, 0.15) is 18.0 Å². The van der Waals surface area contributed by atoms with Crippen LogP contribution in [0.3, 0.4) is 0 Å². The van der Waals surface area contributed by atoms with Gasteiger partial charge in [-0.25, -0.2) is 9.78 Å². The fraction of sp³-hybridized carbons (Fsp3) is 0.400. The molecular weight excluding hydrogens is 256 g/mol. The summed E-state index contributed by atoms with van der Waals surface area (Å²) < 4.78 is 0. The van der Waals surface area contributed by atoms with Crippen molar-refractivity contribution in [2.45, 2.75) is 13.0 Å². The quantitative estimate of drug-likeness (QED) is 0.744. The van der Waals surface area contributed by atoms with Gasteiger partial charge in [0, 0.05) is 11.6 Å². The van der Waals surface area contributed by atoms with Crippen molar-refractivity contribution < 1.29 is 14.4 Å². The fourth-order valence-electron chi connectivity index (χ4n) is 1.56. The lowest BCUT2D eigenvalue weighted by Crippen LogP contribution is -2.41. The Balaban J connectivity index is 1.89. The molecule has 0 aliphatic carbocycles. The molecule has 1 fully saturated rings. The molecule has 2 rings (SSSR count). The van der Waals surface area contributed by atoms with Crippen LogP contribution >= 0.6 is 11.3 Å². The van der Waals surface area contributed by atoms with Gasteiger partial charge in [-0.15, -0.1) is 11.3 Å². The van der Waals surface area contributed by atoms with Crippen LogP contribution in [-0.2, 0) is 9.59 Å². The molecule has 1 aromatic heterocycles. The summed E-state index contributed by atoms with van der Waals surface area (Å²) in [5, 5.41) is 7.63. The van der Waals surface area contributed by atoms with E-state index in [1.54, 1.807) is 13.1 Å². The fourth-order valence-corrected chi connectivity index (χ4v) is 2.20. The molecule has 18 heavy (non-hydrogen) atoms. The van der Waals surface area contributed by atoms with Gasteiger partial charge in [0.1, 0.15) is 11.6 Å². The van der Waals surface area contributed by atoms with Crippen molar-refractivity contribution in [3.8, 4) is 0 Å². The molecule has 0 spiro atoms. The maximum atomic E-state index is 11.7. The lowest BCUT2D eigenvalue weighted by Gasteiger charge is -2.15. The summed E-state index contributed by atoms with van der Waals surface area (Å²) >= 11 is 1.43. The minimum atomic E-state index is -0.531. The molecule has 0 radical (unpaired) electrons. The Morgan fingerprint density at radius 1 is 1.67 bits per heavy atom. The van der Waals surface area contributed by atoms with E-state index in [0.29, 0.717) is 0 Å². The second-order valence-corrected chi connectivity index (χ2v) is 4.72. The van der Waals surface area contributed by atoms with Crippen molar-refractivity contribution in [3.05, 3.63) is 16.6 Å². The normalized spacial score (nSPS) is 16.6. The minimum Gasteiger partial charge on any atom is -0.346 e. The van der Waals surface area contributed by atoms with Crippen LogP contribution < -0.4 is 10.6 Å². The number of hydrogen-bond acceptors (Lipinski definition) is 5. The second kappa shape index (κ2) is 5.13. The van der Waals surface area contributed by atoms with Crippen molar-refractivity contribution >= 4 is 29.2 Å². The highest BCUT2D eigenvalue weighted by Gasteiger charge is 2.30.